The standard InChI is InChI=1S/C21H23NO4/c23-20(9-10-21(24)25)19-7-5-18(6-8-19)17-3-1-16(2-4-17)15-22-11-13-26-14-12-22/h1-8H,9-15H2,(H,24,25). The van der Waals surface area contributed by atoms with Gasteiger partial charge in [0.2, 0.25) is 0 Å². The molecule has 0 saturated carbocycles. The predicted octanol–water partition coefficient (Wildman–Crippen LogP) is 3.23. The van der Waals surface area contributed by atoms with Crippen molar-refractivity contribution in [3.05, 3.63) is 59.7 Å². The molecule has 26 heavy (non-hydrogen) atoms. The van der Waals surface area contributed by atoms with Gasteiger partial charge in [-0.15, -0.1) is 0 Å². The molecule has 1 heterocycles. The number of hydrogen-bond acceptors (Lipinski definition) is 4. The van der Waals surface area contributed by atoms with E-state index in [4.69, 9.17) is 9.84 Å². The molecule has 0 radical (unpaired) electrons. The van der Waals surface area contributed by atoms with E-state index in [1.165, 1.54) is 5.56 Å². The average Bonchev–Trinajstić information content (AvgIpc) is 2.68. The van der Waals surface area contributed by atoms with Gasteiger partial charge in [0, 0.05) is 31.6 Å². The zero-order valence-corrected chi connectivity index (χ0v) is 14.7. The van der Waals surface area contributed by atoms with Crippen molar-refractivity contribution >= 4 is 11.8 Å². The van der Waals surface area contributed by atoms with E-state index in [0.717, 1.165) is 44.0 Å². The topological polar surface area (TPSA) is 66.8 Å². The van der Waals surface area contributed by atoms with Crippen molar-refractivity contribution in [1.82, 2.24) is 4.90 Å². The summed E-state index contributed by atoms with van der Waals surface area (Å²) in [5, 5.41) is 8.67. The highest BCUT2D eigenvalue weighted by molar-refractivity contribution is 5.97. The first-order valence-corrected chi connectivity index (χ1v) is 8.86. The lowest BCUT2D eigenvalue weighted by molar-refractivity contribution is -0.136. The van der Waals surface area contributed by atoms with E-state index >= 15 is 0 Å². The Morgan fingerprint density at radius 3 is 2.04 bits per heavy atom. The molecule has 1 fully saturated rings. The second-order valence-electron chi connectivity index (χ2n) is 6.48. The summed E-state index contributed by atoms with van der Waals surface area (Å²) in [6, 6.07) is 15.8. The van der Waals surface area contributed by atoms with Gasteiger partial charge in [0.05, 0.1) is 19.6 Å². The third-order valence-corrected chi connectivity index (χ3v) is 4.57. The van der Waals surface area contributed by atoms with Crippen LogP contribution in [0.1, 0.15) is 28.8 Å². The highest BCUT2D eigenvalue weighted by Crippen LogP contribution is 2.21. The summed E-state index contributed by atoms with van der Waals surface area (Å²) < 4.78 is 5.37. The molecule has 5 nitrogen and oxygen atoms in total. The summed E-state index contributed by atoms with van der Waals surface area (Å²) in [7, 11) is 0. The van der Waals surface area contributed by atoms with Crippen LogP contribution in [0.5, 0.6) is 0 Å². The number of aliphatic carboxylic acids is 1. The van der Waals surface area contributed by atoms with E-state index in [9.17, 15) is 9.59 Å². The number of carboxylic acid groups (broad SMARTS) is 1. The van der Waals surface area contributed by atoms with Crippen molar-refractivity contribution in [2.45, 2.75) is 19.4 Å². The Labute approximate surface area is 153 Å². The van der Waals surface area contributed by atoms with E-state index in [1.54, 1.807) is 12.1 Å². The van der Waals surface area contributed by atoms with Crippen molar-refractivity contribution in [3.63, 3.8) is 0 Å². The van der Waals surface area contributed by atoms with Gasteiger partial charge in [0.15, 0.2) is 5.78 Å². The molecule has 5 heteroatoms. The number of carboxylic acids is 1. The minimum atomic E-state index is -0.952. The zero-order valence-electron chi connectivity index (χ0n) is 14.7. The fourth-order valence-corrected chi connectivity index (χ4v) is 3.03. The van der Waals surface area contributed by atoms with Gasteiger partial charge in [-0.25, -0.2) is 0 Å². The molecule has 0 aromatic heterocycles. The van der Waals surface area contributed by atoms with Gasteiger partial charge < -0.3 is 9.84 Å². The minimum Gasteiger partial charge on any atom is -0.481 e. The van der Waals surface area contributed by atoms with Gasteiger partial charge in [0.1, 0.15) is 0 Å². The maximum absolute atomic E-state index is 12.0. The molecule has 0 amide bonds. The van der Waals surface area contributed by atoms with Gasteiger partial charge >= 0.3 is 5.97 Å². The van der Waals surface area contributed by atoms with Crippen LogP contribution in [0.4, 0.5) is 0 Å². The SMILES string of the molecule is O=C(O)CCC(=O)c1ccc(-c2ccc(CN3CCOCC3)cc2)cc1. The summed E-state index contributed by atoms with van der Waals surface area (Å²) in [6.07, 6.45) is -0.101. The van der Waals surface area contributed by atoms with Crippen LogP contribution in [0.2, 0.25) is 0 Å². The van der Waals surface area contributed by atoms with E-state index in [-0.39, 0.29) is 18.6 Å². The van der Waals surface area contributed by atoms with Crippen molar-refractivity contribution in [2.24, 2.45) is 0 Å². The second-order valence-corrected chi connectivity index (χ2v) is 6.48. The summed E-state index contributed by atoms with van der Waals surface area (Å²) in [6.45, 7) is 4.48. The van der Waals surface area contributed by atoms with Crippen molar-refractivity contribution in [2.75, 3.05) is 26.3 Å². The maximum atomic E-state index is 12.0. The number of ketones is 1. The fourth-order valence-electron chi connectivity index (χ4n) is 3.03. The lowest BCUT2D eigenvalue weighted by atomic mass is 10.00. The third-order valence-electron chi connectivity index (χ3n) is 4.57. The first-order chi connectivity index (χ1) is 12.6. The first kappa shape index (κ1) is 18.3. The number of hydrogen-bond donors (Lipinski definition) is 1. The lowest BCUT2D eigenvalue weighted by Gasteiger charge is -2.26. The molecule has 0 atom stereocenters. The van der Waals surface area contributed by atoms with E-state index in [1.807, 2.05) is 12.1 Å². The number of nitrogens with zero attached hydrogens (tertiary/aromatic N) is 1. The molecular weight excluding hydrogens is 330 g/mol. The largest absolute Gasteiger partial charge is 0.481 e. The summed E-state index contributed by atoms with van der Waals surface area (Å²) in [5.74, 6) is -1.09. The Bertz CT molecular complexity index is 747. The van der Waals surface area contributed by atoms with Crippen LogP contribution in [-0.4, -0.2) is 48.1 Å². The van der Waals surface area contributed by atoms with Crippen LogP contribution >= 0.6 is 0 Å². The Hall–Kier alpha value is -2.50. The van der Waals surface area contributed by atoms with Crippen molar-refractivity contribution in [1.29, 1.82) is 0 Å². The van der Waals surface area contributed by atoms with E-state index < -0.39 is 5.97 Å². The molecule has 0 aliphatic carbocycles. The molecule has 0 unspecified atom stereocenters. The second kappa shape index (κ2) is 8.74. The maximum Gasteiger partial charge on any atom is 0.303 e. The van der Waals surface area contributed by atoms with Gasteiger partial charge in [-0.05, 0) is 16.7 Å². The molecule has 2 aromatic rings. The summed E-state index contributed by atoms with van der Waals surface area (Å²) in [5.41, 5.74) is 3.97. The molecule has 0 bridgehead atoms. The smallest absolute Gasteiger partial charge is 0.303 e. The van der Waals surface area contributed by atoms with Gasteiger partial charge in [-0.3, -0.25) is 14.5 Å². The molecule has 2 aromatic carbocycles. The number of rotatable bonds is 7. The summed E-state index contributed by atoms with van der Waals surface area (Å²) >= 11 is 0. The highest BCUT2D eigenvalue weighted by Gasteiger charge is 2.11. The van der Waals surface area contributed by atoms with Gasteiger partial charge in [0.25, 0.3) is 0 Å². The number of ether oxygens (including phenoxy) is 1. The first-order valence-electron chi connectivity index (χ1n) is 8.86. The van der Waals surface area contributed by atoms with Gasteiger partial charge in [-0.1, -0.05) is 48.5 Å². The van der Waals surface area contributed by atoms with Crippen LogP contribution in [-0.2, 0) is 16.1 Å². The molecule has 3 rings (SSSR count). The quantitative estimate of drug-likeness (QED) is 0.774. The Kier molecular flexibility index (Phi) is 6.15. The van der Waals surface area contributed by atoms with Crippen LogP contribution < -0.4 is 0 Å². The molecule has 1 N–H and O–H groups in total. The third kappa shape index (κ3) is 5.00. The average molecular weight is 353 g/mol. The molecule has 0 spiro atoms. The van der Waals surface area contributed by atoms with Gasteiger partial charge in [-0.2, -0.15) is 0 Å². The molecule has 136 valence electrons. The van der Waals surface area contributed by atoms with Crippen molar-refractivity contribution in [3.8, 4) is 11.1 Å². The molecule has 1 saturated heterocycles. The number of morpholine rings is 1. The number of carbonyl (C=O) groups is 2. The van der Waals surface area contributed by atoms with Crippen LogP contribution in [0.25, 0.3) is 11.1 Å². The normalized spacial score (nSPS) is 14.9. The minimum absolute atomic E-state index is 0.0327. The van der Waals surface area contributed by atoms with E-state index in [2.05, 4.69) is 29.2 Å². The molecule has 1 aliphatic rings. The lowest BCUT2D eigenvalue weighted by Crippen LogP contribution is -2.35. The fraction of sp³-hybridized carbons (Fsp3) is 0.333. The zero-order chi connectivity index (χ0) is 18.4. The number of Topliss-reactive ketones (excluding diaryl/α,β-unsaturated/α-hetero) is 1. The van der Waals surface area contributed by atoms with E-state index in [0.29, 0.717) is 5.56 Å². The summed E-state index contributed by atoms with van der Waals surface area (Å²) in [4.78, 5) is 24.9. The monoisotopic (exact) mass is 353 g/mol. The Morgan fingerprint density at radius 1 is 0.885 bits per heavy atom. The van der Waals surface area contributed by atoms with Crippen LogP contribution in [0, 0.1) is 0 Å². The Morgan fingerprint density at radius 2 is 1.46 bits per heavy atom. The predicted molar refractivity (Wildman–Crippen MR) is 99.2 cm³/mol. The Balaban J connectivity index is 1.61. The highest BCUT2D eigenvalue weighted by atomic mass is 16.5. The van der Waals surface area contributed by atoms with Crippen molar-refractivity contribution < 1.29 is 19.4 Å². The molecular formula is C21H23NO4. The molecule has 1 aliphatic heterocycles. The number of benzene rings is 2. The number of carbonyl (C=O) groups excluding carboxylic acids is 1. The van der Waals surface area contributed by atoms with Crippen LogP contribution in [0.15, 0.2) is 48.5 Å². The van der Waals surface area contributed by atoms with Crippen LogP contribution in [0.3, 0.4) is 0 Å².